The van der Waals surface area contributed by atoms with Gasteiger partial charge in [-0.1, -0.05) is 289 Å². The second-order valence-electron chi connectivity index (χ2n) is 23.9. The lowest BCUT2D eigenvalue weighted by atomic mass is 9.99. The first-order valence-corrected chi connectivity index (χ1v) is 34.1. The van der Waals surface area contributed by atoms with Gasteiger partial charge in [0.1, 0.15) is 24.4 Å². The molecular weight excluding hydrogens is 991 g/mol. The molecule has 11 nitrogen and oxygen atoms in total. The molecular formula is C68H129NO10. The van der Waals surface area contributed by atoms with Gasteiger partial charge in [-0.15, -0.1) is 0 Å². The maximum absolute atomic E-state index is 13.0. The Morgan fingerprint density at radius 1 is 0.456 bits per heavy atom. The third kappa shape index (κ3) is 47.2. The third-order valence-corrected chi connectivity index (χ3v) is 16.3. The van der Waals surface area contributed by atoms with E-state index < -0.39 is 49.5 Å². The number of amides is 1. The van der Waals surface area contributed by atoms with Gasteiger partial charge in [0, 0.05) is 12.8 Å². The van der Waals surface area contributed by atoms with Gasteiger partial charge < -0.3 is 45.1 Å². The fourth-order valence-electron chi connectivity index (χ4n) is 10.9. The van der Waals surface area contributed by atoms with Crippen LogP contribution in [0.1, 0.15) is 335 Å². The molecule has 0 aromatic carbocycles. The highest BCUT2D eigenvalue weighted by Crippen LogP contribution is 2.23. The van der Waals surface area contributed by atoms with Crippen LogP contribution in [0.5, 0.6) is 0 Å². The maximum atomic E-state index is 13.0. The zero-order valence-electron chi connectivity index (χ0n) is 51.6. The standard InChI is InChI=1S/C68H129NO10/c1-3-5-7-9-11-13-14-15-33-36-40-44-48-52-56-64(73)77-57-53-49-45-41-37-34-31-29-27-25-23-21-19-17-16-18-20-22-24-26-28-30-32-35-39-43-47-51-55-63(72)69-60(61(71)54-50-46-42-38-12-10-8-6-4-2)59-78-68-67(76)66(75)65(74)62(58-70)79-68/h16-17,50,54,60-62,65-68,70-71,74-76H,3-15,18-49,51-53,55-59H2,1-2H3,(H,69,72)/b17-16-,54-50+. The number of allylic oxidation sites excluding steroid dienone is 3. The van der Waals surface area contributed by atoms with E-state index >= 15 is 0 Å². The molecule has 0 spiro atoms. The van der Waals surface area contributed by atoms with Gasteiger partial charge in [-0.25, -0.2) is 0 Å². The molecule has 7 atom stereocenters. The molecule has 0 bridgehead atoms. The van der Waals surface area contributed by atoms with Crippen LogP contribution in [-0.4, -0.2) is 100 Å². The van der Waals surface area contributed by atoms with Crippen LogP contribution in [-0.2, 0) is 23.8 Å². The molecule has 1 aliphatic heterocycles. The largest absolute Gasteiger partial charge is 0.466 e. The van der Waals surface area contributed by atoms with E-state index in [0.717, 1.165) is 51.4 Å². The number of esters is 1. The molecule has 11 heteroatoms. The van der Waals surface area contributed by atoms with Crippen molar-refractivity contribution < 1.29 is 49.3 Å². The van der Waals surface area contributed by atoms with Gasteiger partial charge in [-0.05, 0) is 57.8 Å². The van der Waals surface area contributed by atoms with Crippen LogP contribution in [0.2, 0.25) is 0 Å². The summed E-state index contributed by atoms with van der Waals surface area (Å²) in [6.45, 7) is 4.34. The van der Waals surface area contributed by atoms with Crippen LogP contribution in [0.3, 0.4) is 0 Å². The molecule has 0 aliphatic carbocycles. The monoisotopic (exact) mass is 1120 g/mol. The second kappa shape index (κ2) is 57.9. The lowest BCUT2D eigenvalue weighted by molar-refractivity contribution is -0.302. The van der Waals surface area contributed by atoms with Crippen LogP contribution >= 0.6 is 0 Å². The van der Waals surface area contributed by atoms with Crippen LogP contribution < -0.4 is 5.32 Å². The molecule has 1 amide bonds. The summed E-state index contributed by atoms with van der Waals surface area (Å²) in [4.78, 5) is 25.1. The Kier molecular flexibility index (Phi) is 55.1. The lowest BCUT2D eigenvalue weighted by Gasteiger charge is -2.40. The Labute approximate surface area is 486 Å². The molecule has 1 heterocycles. The van der Waals surface area contributed by atoms with Crippen molar-refractivity contribution >= 4 is 11.9 Å². The summed E-state index contributed by atoms with van der Waals surface area (Å²) in [6, 6.07) is -0.808. The molecule has 7 unspecified atom stereocenters. The summed E-state index contributed by atoms with van der Waals surface area (Å²) in [5.74, 6) is -0.173. The molecule has 0 radical (unpaired) electrons. The van der Waals surface area contributed by atoms with Gasteiger partial charge in [0.05, 0.1) is 32.0 Å². The molecule has 1 fully saturated rings. The number of hydrogen-bond donors (Lipinski definition) is 6. The number of carbonyl (C=O) groups excluding carboxylic acids is 2. The van der Waals surface area contributed by atoms with E-state index in [1.807, 2.05) is 6.08 Å². The van der Waals surface area contributed by atoms with E-state index in [9.17, 15) is 35.1 Å². The fraction of sp³-hybridized carbons (Fsp3) is 0.912. The SMILES string of the molecule is CCCCCCCCC/C=C/C(O)C(COC1OC(CO)C(O)C(O)C1O)NC(=O)CCCCCCCCCCCCCC/C=C\CCCCCCCCCCCCCCOC(=O)CCCCCCCCCCCCCCCC. The quantitative estimate of drug-likeness (QED) is 0.0195. The Balaban J connectivity index is 1.93. The molecule has 1 rings (SSSR count). The topological polar surface area (TPSA) is 175 Å². The average molecular weight is 1120 g/mol. The Bertz CT molecular complexity index is 1360. The van der Waals surface area contributed by atoms with Crippen molar-refractivity contribution in [3.63, 3.8) is 0 Å². The molecule has 0 aromatic heterocycles. The van der Waals surface area contributed by atoms with Crippen molar-refractivity contribution in [1.29, 1.82) is 0 Å². The van der Waals surface area contributed by atoms with Crippen molar-refractivity contribution in [2.75, 3.05) is 19.8 Å². The Morgan fingerprint density at radius 3 is 1.22 bits per heavy atom. The van der Waals surface area contributed by atoms with E-state index in [0.29, 0.717) is 19.4 Å². The zero-order valence-corrected chi connectivity index (χ0v) is 51.6. The smallest absolute Gasteiger partial charge is 0.305 e. The fourth-order valence-corrected chi connectivity index (χ4v) is 10.9. The number of nitrogens with one attached hydrogen (secondary N) is 1. The van der Waals surface area contributed by atoms with E-state index in [2.05, 4.69) is 31.3 Å². The maximum Gasteiger partial charge on any atom is 0.305 e. The Hall–Kier alpha value is -1.86. The van der Waals surface area contributed by atoms with Crippen molar-refractivity contribution in [3.05, 3.63) is 24.3 Å². The van der Waals surface area contributed by atoms with Gasteiger partial charge in [-0.2, -0.15) is 0 Å². The van der Waals surface area contributed by atoms with E-state index in [4.69, 9.17) is 14.2 Å². The van der Waals surface area contributed by atoms with Crippen LogP contribution in [0.25, 0.3) is 0 Å². The summed E-state index contributed by atoms with van der Waals surface area (Å²) >= 11 is 0. The number of unbranched alkanes of at least 4 members (excludes halogenated alkanes) is 44. The summed E-state index contributed by atoms with van der Waals surface area (Å²) in [5, 5.41) is 54.3. The molecule has 466 valence electrons. The summed E-state index contributed by atoms with van der Waals surface area (Å²) in [7, 11) is 0. The first kappa shape index (κ1) is 75.2. The minimum atomic E-state index is -1.57. The number of ether oxygens (including phenoxy) is 3. The number of aliphatic hydroxyl groups excluding tert-OH is 5. The molecule has 1 aliphatic rings. The van der Waals surface area contributed by atoms with Crippen molar-refractivity contribution in [1.82, 2.24) is 5.32 Å². The molecule has 0 aromatic rings. The van der Waals surface area contributed by atoms with Gasteiger partial charge in [0.2, 0.25) is 5.91 Å². The average Bonchev–Trinajstić information content (AvgIpc) is 3.46. The van der Waals surface area contributed by atoms with E-state index in [1.54, 1.807) is 6.08 Å². The third-order valence-electron chi connectivity index (χ3n) is 16.3. The van der Waals surface area contributed by atoms with Crippen molar-refractivity contribution in [2.24, 2.45) is 0 Å². The second-order valence-corrected chi connectivity index (χ2v) is 23.9. The molecule has 79 heavy (non-hydrogen) atoms. The minimum absolute atomic E-state index is 0.00936. The zero-order chi connectivity index (χ0) is 57.3. The summed E-state index contributed by atoms with van der Waals surface area (Å²) < 4.78 is 16.7. The predicted molar refractivity (Wildman–Crippen MR) is 329 cm³/mol. The van der Waals surface area contributed by atoms with Gasteiger partial charge in [-0.3, -0.25) is 9.59 Å². The van der Waals surface area contributed by atoms with E-state index in [1.165, 1.54) is 257 Å². The normalized spacial score (nSPS) is 18.5. The van der Waals surface area contributed by atoms with Crippen LogP contribution in [0.4, 0.5) is 0 Å². The molecule has 1 saturated heterocycles. The summed E-state index contributed by atoms with van der Waals surface area (Å²) in [5.41, 5.74) is 0. The van der Waals surface area contributed by atoms with E-state index in [-0.39, 0.29) is 18.5 Å². The minimum Gasteiger partial charge on any atom is -0.466 e. The molecule has 6 N–H and O–H groups in total. The number of hydrogen-bond acceptors (Lipinski definition) is 10. The van der Waals surface area contributed by atoms with Crippen LogP contribution in [0, 0.1) is 0 Å². The summed E-state index contributed by atoms with van der Waals surface area (Å²) in [6.07, 6.45) is 61.8. The lowest BCUT2D eigenvalue weighted by Crippen LogP contribution is -2.60. The number of carbonyl (C=O) groups is 2. The van der Waals surface area contributed by atoms with Gasteiger partial charge in [0.25, 0.3) is 0 Å². The first-order chi connectivity index (χ1) is 38.7. The van der Waals surface area contributed by atoms with Crippen LogP contribution in [0.15, 0.2) is 24.3 Å². The van der Waals surface area contributed by atoms with Crippen molar-refractivity contribution in [3.8, 4) is 0 Å². The number of aliphatic hydroxyl groups is 5. The van der Waals surface area contributed by atoms with Gasteiger partial charge in [0.15, 0.2) is 6.29 Å². The highest BCUT2D eigenvalue weighted by Gasteiger charge is 2.44. The Morgan fingerprint density at radius 2 is 0.810 bits per heavy atom. The predicted octanol–water partition coefficient (Wildman–Crippen LogP) is 16.8. The molecule has 0 saturated carbocycles. The first-order valence-electron chi connectivity index (χ1n) is 34.1. The number of rotatable bonds is 60. The highest BCUT2D eigenvalue weighted by atomic mass is 16.7. The van der Waals surface area contributed by atoms with Gasteiger partial charge >= 0.3 is 5.97 Å². The highest BCUT2D eigenvalue weighted by molar-refractivity contribution is 5.76. The van der Waals surface area contributed by atoms with Crippen molar-refractivity contribution in [2.45, 2.75) is 378 Å².